The van der Waals surface area contributed by atoms with E-state index in [0.29, 0.717) is 5.41 Å². The average Bonchev–Trinajstić information content (AvgIpc) is 3.61. The number of rotatable bonds is 9. The third kappa shape index (κ3) is 8.38. The Bertz CT molecular complexity index is 1480. The summed E-state index contributed by atoms with van der Waals surface area (Å²) in [4.78, 5) is 19.5. The largest absolute Gasteiger partial charge is 0.512 e. The van der Waals surface area contributed by atoms with Crippen molar-refractivity contribution in [3.63, 3.8) is 0 Å². The summed E-state index contributed by atoms with van der Waals surface area (Å²) < 4.78 is 4.11. The summed E-state index contributed by atoms with van der Waals surface area (Å²) in [5, 5.41) is 13.6. The van der Waals surface area contributed by atoms with Crippen molar-refractivity contribution in [1.82, 2.24) is 4.98 Å². The van der Waals surface area contributed by atoms with Gasteiger partial charge < -0.3 is 10.1 Å². The van der Waals surface area contributed by atoms with Crippen molar-refractivity contribution in [2.75, 3.05) is 0 Å². The average molecular weight is 789 g/mol. The van der Waals surface area contributed by atoms with E-state index in [1.54, 1.807) is 11.3 Å². The molecule has 4 aromatic rings. The van der Waals surface area contributed by atoms with Crippen LogP contribution in [0.5, 0.6) is 0 Å². The first-order chi connectivity index (χ1) is 18.7. The minimum Gasteiger partial charge on any atom is -0.512 e. The second-order valence-electron chi connectivity index (χ2n) is 12.6. The summed E-state index contributed by atoms with van der Waals surface area (Å²) in [5.41, 5.74) is 2.01. The van der Waals surface area contributed by atoms with Crippen LogP contribution in [0.1, 0.15) is 98.4 Å². The van der Waals surface area contributed by atoms with Crippen molar-refractivity contribution < 1.29 is 30.0 Å². The molecule has 1 radical (unpaired) electrons. The number of thiophene rings is 3. The molecule has 0 amide bonds. The van der Waals surface area contributed by atoms with Gasteiger partial charge in [-0.25, -0.2) is 11.3 Å². The minimum atomic E-state index is -0.337. The van der Waals surface area contributed by atoms with Crippen molar-refractivity contribution in [3.05, 3.63) is 52.1 Å². The second-order valence-corrected chi connectivity index (χ2v) is 15.7. The number of hydrogen-bond donors (Lipinski definition) is 1. The third-order valence-electron chi connectivity index (χ3n) is 8.30. The Morgan fingerprint density at radius 3 is 2.10 bits per heavy atom. The van der Waals surface area contributed by atoms with Crippen LogP contribution in [0.15, 0.2) is 35.5 Å². The topological polar surface area (TPSA) is 50.2 Å². The van der Waals surface area contributed by atoms with Crippen LogP contribution in [0, 0.1) is 29.2 Å². The number of allylic oxidation sites excluding steroid dienone is 2. The van der Waals surface area contributed by atoms with Crippen LogP contribution >= 0.6 is 34.0 Å². The Kier molecular flexibility index (Phi) is 12.6. The number of carbonyl (C=O) groups is 1. The molecule has 41 heavy (non-hydrogen) atoms. The van der Waals surface area contributed by atoms with Crippen molar-refractivity contribution >= 4 is 59.3 Å². The summed E-state index contributed by atoms with van der Waals surface area (Å²) in [6.45, 7) is 21.1. The van der Waals surface area contributed by atoms with Gasteiger partial charge in [-0.3, -0.25) is 4.79 Å². The molecule has 4 heterocycles. The van der Waals surface area contributed by atoms with Gasteiger partial charge in [0, 0.05) is 62.9 Å². The van der Waals surface area contributed by atoms with Gasteiger partial charge in [-0.2, -0.15) is 11.6 Å². The van der Waals surface area contributed by atoms with Crippen LogP contribution in [0.25, 0.3) is 30.1 Å². The SMILES string of the molecule is CCC(C)(CC)C(=O)/C=C(\O)C(C)(CC)CC.Cc1[c-]c(-c2nccc3c2sc2cc(CC(C)(C)C)sc23)sc1.[Ir]. The molecular formula is C34H46IrNO2S3-. The number of ketones is 1. The molecule has 0 atom stereocenters. The molecule has 3 nitrogen and oxygen atoms in total. The fraction of sp³-hybridized carbons (Fsp3) is 0.529. The van der Waals surface area contributed by atoms with E-state index in [4.69, 9.17) is 0 Å². The van der Waals surface area contributed by atoms with Gasteiger partial charge >= 0.3 is 0 Å². The molecule has 7 heteroatoms. The van der Waals surface area contributed by atoms with Gasteiger partial charge in [0.15, 0.2) is 5.78 Å². The molecular weight excluding hydrogens is 743 g/mol. The first-order valence-electron chi connectivity index (χ1n) is 14.4. The summed E-state index contributed by atoms with van der Waals surface area (Å²) in [5.74, 6) is 0.286. The maximum atomic E-state index is 12.2. The molecule has 0 fully saturated rings. The first-order valence-corrected chi connectivity index (χ1v) is 16.9. The number of aryl methyl sites for hydroxylation is 1. The fourth-order valence-corrected chi connectivity index (χ4v) is 8.31. The minimum absolute atomic E-state index is 0. The number of nitrogens with zero attached hydrogens (tertiary/aromatic N) is 1. The molecule has 227 valence electrons. The Hall–Kier alpha value is -1.37. The zero-order valence-corrected chi connectivity index (χ0v) is 31.1. The normalized spacial score (nSPS) is 12.8. The number of pyridine rings is 1. The number of aliphatic hydroxyl groups excluding tert-OH is 1. The van der Waals surface area contributed by atoms with Gasteiger partial charge in [0.25, 0.3) is 0 Å². The predicted octanol–water partition coefficient (Wildman–Crippen LogP) is 11.6. The summed E-state index contributed by atoms with van der Waals surface area (Å²) in [6, 6.07) is 7.97. The van der Waals surface area contributed by atoms with Crippen LogP contribution in [-0.2, 0) is 31.3 Å². The van der Waals surface area contributed by atoms with Crippen LogP contribution in [-0.4, -0.2) is 15.9 Å². The maximum Gasteiger partial charge on any atom is 0.164 e. The van der Waals surface area contributed by atoms with E-state index >= 15 is 0 Å². The van der Waals surface area contributed by atoms with Crippen LogP contribution in [0.2, 0.25) is 0 Å². The Balaban J connectivity index is 0.000000296. The molecule has 0 spiro atoms. The van der Waals surface area contributed by atoms with E-state index in [1.165, 1.54) is 36.0 Å². The monoisotopic (exact) mass is 789 g/mol. The Morgan fingerprint density at radius 1 is 0.976 bits per heavy atom. The van der Waals surface area contributed by atoms with E-state index < -0.39 is 0 Å². The maximum absolute atomic E-state index is 12.2. The molecule has 0 aliphatic carbocycles. The van der Waals surface area contributed by atoms with E-state index in [9.17, 15) is 9.90 Å². The standard InChI is InChI=1S/C19H18NS3.C15H28O2.Ir/c1-11-7-14(21-10-11)16-18-13(5-6-20-16)17-15(23-18)8-12(22-17)9-19(2,3)4;1-7-14(5,8-2)12(16)11-13(17)15(6,9-3)10-4;/h5-6,8,10H,9H2,1-4H3;11,16H,7-10H2,1-6H3;/q-1;;/b;12-11-;. The van der Waals surface area contributed by atoms with E-state index in [0.717, 1.165) is 42.7 Å². The van der Waals surface area contributed by atoms with Gasteiger partial charge in [0.2, 0.25) is 0 Å². The number of aromatic nitrogens is 1. The van der Waals surface area contributed by atoms with Gasteiger partial charge in [0.1, 0.15) is 5.76 Å². The molecule has 1 N–H and O–H groups in total. The Morgan fingerprint density at radius 2 is 1.59 bits per heavy atom. The second kappa shape index (κ2) is 14.4. The van der Waals surface area contributed by atoms with Crippen LogP contribution in [0.3, 0.4) is 0 Å². The number of aliphatic hydroxyl groups is 1. The van der Waals surface area contributed by atoms with Gasteiger partial charge in [-0.15, -0.1) is 28.1 Å². The molecule has 0 bridgehead atoms. The molecule has 0 saturated heterocycles. The van der Waals surface area contributed by atoms with E-state index in [1.807, 2.05) is 70.4 Å². The smallest absolute Gasteiger partial charge is 0.164 e. The molecule has 0 aliphatic heterocycles. The number of hydrogen-bond acceptors (Lipinski definition) is 6. The number of fused-ring (bicyclic) bond motifs is 3. The summed E-state index contributed by atoms with van der Waals surface area (Å²) >= 11 is 5.55. The third-order valence-corrected chi connectivity index (χ3v) is 11.8. The summed E-state index contributed by atoms with van der Waals surface area (Å²) in [6.07, 6.45) is 7.83. The quantitative estimate of drug-likeness (QED) is 0.104. The zero-order valence-electron chi connectivity index (χ0n) is 26.3. The van der Waals surface area contributed by atoms with Gasteiger partial charge in [0.05, 0.1) is 4.70 Å². The van der Waals surface area contributed by atoms with Crippen molar-refractivity contribution in [3.8, 4) is 10.6 Å². The molecule has 0 aromatic carbocycles. The first kappa shape index (κ1) is 35.8. The van der Waals surface area contributed by atoms with Crippen molar-refractivity contribution in [2.24, 2.45) is 16.2 Å². The summed E-state index contributed by atoms with van der Waals surface area (Å²) in [7, 11) is 0. The van der Waals surface area contributed by atoms with Crippen LogP contribution in [0.4, 0.5) is 0 Å². The molecule has 4 aromatic heterocycles. The molecule has 4 rings (SSSR count). The Labute approximate surface area is 272 Å². The van der Waals surface area contributed by atoms with Gasteiger partial charge in [-0.1, -0.05) is 74.1 Å². The predicted molar refractivity (Wildman–Crippen MR) is 178 cm³/mol. The van der Waals surface area contributed by atoms with E-state index in [-0.39, 0.29) is 42.5 Å². The zero-order chi connectivity index (χ0) is 29.9. The van der Waals surface area contributed by atoms with Gasteiger partial charge in [-0.05, 0) is 55.3 Å². The molecule has 0 saturated carbocycles. The van der Waals surface area contributed by atoms with Crippen molar-refractivity contribution in [2.45, 2.75) is 101 Å². The van der Waals surface area contributed by atoms with Crippen LogP contribution < -0.4 is 0 Å². The van der Waals surface area contributed by atoms with E-state index in [2.05, 4.69) is 56.3 Å². The molecule has 0 unspecified atom stereocenters. The van der Waals surface area contributed by atoms with Crippen molar-refractivity contribution in [1.29, 1.82) is 0 Å². The fourth-order valence-electron chi connectivity index (χ4n) is 4.48. The molecule has 0 aliphatic rings. The number of carbonyl (C=O) groups excluding carboxylic acids is 1.